The second-order valence-electron chi connectivity index (χ2n) is 3.89. The van der Waals surface area contributed by atoms with E-state index in [1.807, 2.05) is 0 Å². The Morgan fingerprint density at radius 2 is 2.00 bits per heavy atom. The lowest BCUT2D eigenvalue weighted by atomic mass is 10.0. The quantitative estimate of drug-likeness (QED) is 0.327. The maximum Gasteiger partial charge on any atom is 0.374 e. The molecule has 0 amide bonds. The lowest BCUT2D eigenvalue weighted by molar-refractivity contribution is -0.386. The predicted molar refractivity (Wildman–Crippen MR) is 69.1 cm³/mol. The monoisotopic (exact) mass is 281 g/mol. The maximum absolute atomic E-state index is 11.6. The van der Waals surface area contributed by atoms with E-state index in [-0.39, 0.29) is 24.3 Å². The Kier molecular flexibility index (Phi) is 5.79. The minimum atomic E-state index is -0.965. The van der Waals surface area contributed by atoms with Gasteiger partial charge in [-0.15, -0.1) is 0 Å². The minimum Gasteiger partial charge on any atom is -0.460 e. The summed E-state index contributed by atoms with van der Waals surface area (Å²) in [7, 11) is 1.32. The smallest absolute Gasteiger partial charge is 0.374 e. The van der Waals surface area contributed by atoms with Crippen LogP contribution >= 0.6 is 0 Å². The van der Waals surface area contributed by atoms with E-state index < -0.39 is 22.8 Å². The van der Waals surface area contributed by atoms with Gasteiger partial charge in [-0.3, -0.25) is 14.9 Å². The Balaban J connectivity index is 2.94. The maximum atomic E-state index is 11.6. The fourth-order valence-electron chi connectivity index (χ4n) is 1.71. The lowest BCUT2D eigenvalue weighted by Gasteiger charge is -2.14. The zero-order valence-corrected chi connectivity index (χ0v) is 11.2. The van der Waals surface area contributed by atoms with Crippen LogP contribution in [0, 0.1) is 10.1 Å². The molecule has 0 aliphatic rings. The molecule has 7 nitrogen and oxygen atoms in total. The Labute approximate surface area is 115 Å². The van der Waals surface area contributed by atoms with Crippen molar-refractivity contribution in [2.45, 2.75) is 19.4 Å². The molecule has 0 heterocycles. The molecule has 0 radical (unpaired) electrons. The molecule has 1 unspecified atom stereocenters. The first-order valence-corrected chi connectivity index (χ1v) is 5.97. The number of para-hydroxylation sites is 1. The normalized spacial score (nSPS) is 11.7. The second-order valence-corrected chi connectivity index (χ2v) is 3.89. The van der Waals surface area contributed by atoms with Crippen LogP contribution in [-0.2, 0) is 19.1 Å². The molecule has 0 saturated carbocycles. The van der Waals surface area contributed by atoms with Crippen molar-refractivity contribution in [3.05, 3.63) is 39.9 Å². The van der Waals surface area contributed by atoms with Gasteiger partial charge < -0.3 is 9.47 Å². The first-order chi connectivity index (χ1) is 9.51. The van der Waals surface area contributed by atoms with E-state index in [1.54, 1.807) is 13.0 Å². The highest BCUT2D eigenvalue weighted by atomic mass is 16.6. The molecule has 0 aliphatic heterocycles. The number of nitro benzene ring substituents is 1. The number of hydrogen-bond acceptors (Lipinski definition) is 6. The number of ether oxygens (including phenoxy) is 2. The van der Waals surface area contributed by atoms with Crippen LogP contribution < -0.4 is 0 Å². The summed E-state index contributed by atoms with van der Waals surface area (Å²) in [6.07, 6.45) is -1.17. The van der Waals surface area contributed by atoms with Gasteiger partial charge in [0.15, 0.2) is 0 Å². The average Bonchev–Trinajstić information content (AvgIpc) is 2.44. The van der Waals surface area contributed by atoms with Crippen LogP contribution in [0.25, 0.3) is 0 Å². The number of esters is 1. The summed E-state index contributed by atoms with van der Waals surface area (Å²) in [5.74, 6) is -1.75. The molecule has 108 valence electrons. The highest BCUT2D eigenvalue weighted by Gasteiger charge is 2.27. The van der Waals surface area contributed by atoms with Crippen molar-refractivity contribution in [3.63, 3.8) is 0 Å². The third kappa shape index (κ3) is 3.86. The Bertz CT molecular complexity index is 513. The molecular formula is C13H15NO6. The van der Waals surface area contributed by atoms with Gasteiger partial charge in [-0.05, 0) is 13.0 Å². The number of benzene rings is 1. The third-order valence-electron chi connectivity index (χ3n) is 2.64. The van der Waals surface area contributed by atoms with Crippen molar-refractivity contribution in [3.8, 4) is 0 Å². The summed E-state index contributed by atoms with van der Waals surface area (Å²) in [4.78, 5) is 33.3. The van der Waals surface area contributed by atoms with Crippen molar-refractivity contribution in [2.24, 2.45) is 0 Å². The Morgan fingerprint density at radius 1 is 1.35 bits per heavy atom. The zero-order chi connectivity index (χ0) is 15.1. The standard InChI is InChI=1S/C13H15NO6/c1-3-20-13(16)11(15)8-12(19-2)9-6-4-5-7-10(9)14(17)18/h4-7,12H,3,8H2,1-2H3. The number of nitrogens with zero attached hydrogens (tertiary/aromatic N) is 1. The van der Waals surface area contributed by atoms with Crippen LogP contribution in [0.4, 0.5) is 5.69 Å². The van der Waals surface area contributed by atoms with E-state index in [2.05, 4.69) is 4.74 Å². The van der Waals surface area contributed by atoms with Gasteiger partial charge in [-0.25, -0.2) is 4.79 Å². The molecule has 7 heteroatoms. The van der Waals surface area contributed by atoms with Gasteiger partial charge in [-0.1, -0.05) is 12.1 Å². The predicted octanol–water partition coefficient (Wildman–Crippen LogP) is 1.80. The molecular weight excluding hydrogens is 266 g/mol. The molecule has 0 aromatic heterocycles. The summed E-state index contributed by atoms with van der Waals surface area (Å²) in [6, 6.07) is 5.92. The van der Waals surface area contributed by atoms with Crippen molar-refractivity contribution < 1.29 is 24.0 Å². The van der Waals surface area contributed by atoms with Gasteiger partial charge in [0, 0.05) is 19.6 Å². The lowest BCUT2D eigenvalue weighted by Crippen LogP contribution is -2.21. The van der Waals surface area contributed by atoms with E-state index in [4.69, 9.17) is 4.74 Å². The van der Waals surface area contributed by atoms with Crippen molar-refractivity contribution in [1.29, 1.82) is 0 Å². The molecule has 0 bridgehead atoms. The number of carbonyl (C=O) groups is 2. The molecule has 1 rings (SSSR count). The van der Waals surface area contributed by atoms with Crippen molar-refractivity contribution in [2.75, 3.05) is 13.7 Å². The van der Waals surface area contributed by atoms with Crippen LogP contribution in [0.5, 0.6) is 0 Å². The van der Waals surface area contributed by atoms with Gasteiger partial charge in [-0.2, -0.15) is 0 Å². The number of rotatable bonds is 7. The van der Waals surface area contributed by atoms with Gasteiger partial charge in [0.05, 0.1) is 23.2 Å². The topological polar surface area (TPSA) is 95.7 Å². The van der Waals surface area contributed by atoms with E-state index in [0.29, 0.717) is 0 Å². The van der Waals surface area contributed by atoms with E-state index in [1.165, 1.54) is 25.3 Å². The minimum absolute atomic E-state index is 0.0910. The molecule has 0 spiro atoms. The molecule has 0 saturated heterocycles. The molecule has 20 heavy (non-hydrogen) atoms. The van der Waals surface area contributed by atoms with Crippen LogP contribution in [-0.4, -0.2) is 30.4 Å². The summed E-state index contributed by atoms with van der Waals surface area (Å²) < 4.78 is 9.68. The fraction of sp³-hybridized carbons (Fsp3) is 0.385. The van der Waals surface area contributed by atoms with Crippen LogP contribution in [0.3, 0.4) is 0 Å². The van der Waals surface area contributed by atoms with Crippen molar-refractivity contribution >= 4 is 17.4 Å². The van der Waals surface area contributed by atoms with E-state index >= 15 is 0 Å². The summed E-state index contributed by atoms with van der Waals surface area (Å²) in [5.41, 5.74) is 0.0913. The number of Topliss-reactive ketones (excluding diaryl/α,β-unsaturated/α-hetero) is 1. The molecule has 1 aromatic carbocycles. The molecule has 0 fully saturated rings. The van der Waals surface area contributed by atoms with Crippen LogP contribution in [0.15, 0.2) is 24.3 Å². The largest absolute Gasteiger partial charge is 0.460 e. The average molecular weight is 281 g/mol. The highest BCUT2D eigenvalue weighted by molar-refractivity contribution is 6.33. The molecule has 0 N–H and O–H groups in total. The first-order valence-electron chi connectivity index (χ1n) is 5.97. The summed E-state index contributed by atoms with van der Waals surface area (Å²) >= 11 is 0. The van der Waals surface area contributed by atoms with Crippen LogP contribution in [0.2, 0.25) is 0 Å². The zero-order valence-electron chi connectivity index (χ0n) is 11.2. The molecule has 1 atom stereocenters. The molecule has 1 aromatic rings. The number of hydrogen-bond donors (Lipinski definition) is 0. The SMILES string of the molecule is CCOC(=O)C(=O)CC(OC)c1ccccc1[N+](=O)[O-]. The first kappa shape index (κ1) is 15.8. The van der Waals surface area contributed by atoms with Gasteiger partial charge in [0.25, 0.3) is 5.69 Å². The van der Waals surface area contributed by atoms with E-state index in [0.717, 1.165) is 0 Å². The van der Waals surface area contributed by atoms with E-state index in [9.17, 15) is 19.7 Å². The fourth-order valence-corrected chi connectivity index (χ4v) is 1.71. The van der Waals surface area contributed by atoms with Gasteiger partial charge >= 0.3 is 5.97 Å². The van der Waals surface area contributed by atoms with Crippen LogP contribution in [0.1, 0.15) is 25.0 Å². The highest BCUT2D eigenvalue weighted by Crippen LogP contribution is 2.29. The molecule has 0 aliphatic carbocycles. The van der Waals surface area contributed by atoms with Crippen molar-refractivity contribution in [1.82, 2.24) is 0 Å². The summed E-state index contributed by atoms with van der Waals surface area (Å²) in [5, 5.41) is 10.9. The number of ketones is 1. The second kappa shape index (κ2) is 7.34. The van der Waals surface area contributed by atoms with Gasteiger partial charge in [0.2, 0.25) is 5.78 Å². The number of carbonyl (C=O) groups excluding carboxylic acids is 2. The van der Waals surface area contributed by atoms with Gasteiger partial charge in [0.1, 0.15) is 0 Å². The Morgan fingerprint density at radius 3 is 2.55 bits per heavy atom. The number of methoxy groups -OCH3 is 1. The third-order valence-corrected chi connectivity index (χ3v) is 2.64. The Hall–Kier alpha value is -2.28. The number of nitro groups is 1. The summed E-state index contributed by atoms with van der Waals surface area (Å²) in [6.45, 7) is 1.68.